The lowest BCUT2D eigenvalue weighted by molar-refractivity contribution is -0.116. The third-order valence-electron chi connectivity index (χ3n) is 2.57. The summed E-state index contributed by atoms with van der Waals surface area (Å²) in [7, 11) is 0. The van der Waals surface area contributed by atoms with Crippen LogP contribution >= 0.6 is 11.6 Å². The molecular formula is C13H14ClN3O. The number of rotatable bonds is 4. The summed E-state index contributed by atoms with van der Waals surface area (Å²) < 4.78 is 1.76. The fraction of sp³-hybridized carbons (Fsp3) is 0.231. The molecule has 2 aromatic rings. The van der Waals surface area contributed by atoms with Gasteiger partial charge in [-0.25, -0.2) is 0 Å². The molecule has 0 fully saturated rings. The van der Waals surface area contributed by atoms with Crippen LogP contribution in [0.5, 0.6) is 0 Å². The molecule has 0 bridgehead atoms. The van der Waals surface area contributed by atoms with Crippen LogP contribution in [0.4, 0.5) is 5.69 Å². The molecule has 0 spiro atoms. The molecule has 0 unspecified atom stereocenters. The Balaban J connectivity index is 1.93. The van der Waals surface area contributed by atoms with Gasteiger partial charge in [0.2, 0.25) is 5.91 Å². The van der Waals surface area contributed by atoms with E-state index in [1.807, 2.05) is 25.3 Å². The van der Waals surface area contributed by atoms with Gasteiger partial charge in [-0.1, -0.05) is 17.7 Å². The Kier molecular flexibility index (Phi) is 3.99. The number of benzene rings is 1. The van der Waals surface area contributed by atoms with Gasteiger partial charge in [0.1, 0.15) is 0 Å². The maximum Gasteiger partial charge on any atom is 0.226 e. The molecule has 1 amide bonds. The number of hydrogen-bond donors (Lipinski definition) is 1. The van der Waals surface area contributed by atoms with Crippen LogP contribution in [0.2, 0.25) is 5.02 Å². The van der Waals surface area contributed by atoms with Gasteiger partial charge in [-0.3, -0.25) is 9.48 Å². The van der Waals surface area contributed by atoms with Gasteiger partial charge in [0.25, 0.3) is 0 Å². The van der Waals surface area contributed by atoms with Crippen LogP contribution in [0.3, 0.4) is 0 Å². The number of aromatic nitrogens is 2. The number of amides is 1. The molecule has 5 heteroatoms. The van der Waals surface area contributed by atoms with E-state index in [0.717, 1.165) is 0 Å². The molecule has 4 nitrogen and oxygen atoms in total. The molecule has 0 radical (unpaired) electrons. The van der Waals surface area contributed by atoms with E-state index >= 15 is 0 Å². The fourth-order valence-electron chi connectivity index (χ4n) is 1.68. The van der Waals surface area contributed by atoms with E-state index < -0.39 is 0 Å². The molecule has 94 valence electrons. The lowest BCUT2D eigenvalue weighted by Gasteiger charge is -2.12. The molecule has 1 atom stereocenters. The van der Waals surface area contributed by atoms with Crippen molar-refractivity contribution >= 4 is 23.2 Å². The lowest BCUT2D eigenvalue weighted by Crippen LogP contribution is -2.17. The van der Waals surface area contributed by atoms with Crippen LogP contribution in [0.15, 0.2) is 42.7 Å². The summed E-state index contributed by atoms with van der Waals surface area (Å²) in [6.07, 6.45) is 3.91. The normalized spacial score (nSPS) is 12.1. The maximum atomic E-state index is 11.8. The molecule has 0 saturated carbocycles. The fourth-order valence-corrected chi connectivity index (χ4v) is 1.87. The molecule has 0 saturated heterocycles. The molecular weight excluding hydrogens is 250 g/mol. The summed E-state index contributed by atoms with van der Waals surface area (Å²) in [5.74, 6) is -0.0553. The van der Waals surface area contributed by atoms with Crippen molar-refractivity contribution in [3.8, 4) is 0 Å². The summed E-state index contributed by atoms with van der Waals surface area (Å²) in [6, 6.07) is 8.96. The summed E-state index contributed by atoms with van der Waals surface area (Å²) in [4.78, 5) is 11.8. The highest BCUT2D eigenvalue weighted by molar-refractivity contribution is 6.30. The van der Waals surface area contributed by atoms with E-state index in [1.54, 1.807) is 29.1 Å². The van der Waals surface area contributed by atoms with Gasteiger partial charge in [0, 0.05) is 29.5 Å². The summed E-state index contributed by atoms with van der Waals surface area (Å²) in [5, 5.41) is 7.52. The third kappa shape index (κ3) is 3.34. The van der Waals surface area contributed by atoms with Gasteiger partial charge in [-0.15, -0.1) is 0 Å². The van der Waals surface area contributed by atoms with Gasteiger partial charge in [-0.05, 0) is 31.2 Å². The number of carbonyl (C=O) groups is 1. The number of nitrogens with zero attached hydrogens (tertiary/aromatic N) is 2. The molecule has 0 aliphatic heterocycles. The molecule has 1 N–H and O–H groups in total. The highest BCUT2D eigenvalue weighted by atomic mass is 35.5. The molecule has 1 heterocycles. The van der Waals surface area contributed by atoms with Crippen molar-refractivity contribution in [1.29, 1.82) is 0 Å². The van der Waals surface area contributed by atoms with Crippen LogP contribution in [0.1, 0.15) is 19.4 Å². The summed E-state index contributed by atoms with van der Waals surface area (Å²) in [5.41, 5.74) is 0.708. The van der Waals surface area contributed by atoms with Crippen LogP contribution in [-0.2, 0) is 4.79 Å². The van der Waals surface area contributed by atoms with Crippen molar-refractivity contribution in [1.82, 2.24) is 9.78 Å². The lowest BCUT2D eigenvalue weighted by atomic mass is 10.2. The average molecular weight is 264 g/mol. The monoisotopic (exact) mass is 263 g/mol. The minimum absolute atomic E-state index is 0.0270. The topological polar surface area (TPSA) is 46.9 Å². The van der Waals surface area contributed by atoms with Crippen LogP contribution < -0.4 is 5.32 Å². The van der Waals surface area contributed by atoms with Gasteiger partial charge in [0.15, 0.2) is 0 Å². The Morgan fingerprint density at radius 2 is 2.33 bits per heavy atom. The largest absolute Gasteiger partial charge is 0.326 e. The highest BCUT2D eigenvalue weighted by Gasteiger charge is 2.11. The first-order valence-electron chi connectivity index (χ1n) is 5.69. The van der Waals surface area contributed by atoms with E-state index in [-0.39, 0.29) is 11.9 Å². The summed E-state index contributed by atoms with van der Waals surface area (Å²) in [6.45, 7) is 1.95. The predicted molar refractivity (Wildman–Crippen MR) is 71.6 cm³/mol. The van der Waals surface area contributed by atoms with Crippen molar-refractivity contribution in [3.63, 3.8) is 0 Å². The van der Waals surface area contributed by atoms with Crippen molar-refractivity contribution in [2.24, 2.45) is 0 Å². The molecule has 1 aromatic heterocycles. The standard InChI is InChI=1S/C13H14ClN3O/c1-10(17-7-3-6-15-17)8-13(18)16-12-5-2-4-11(14)9-12/h2-7,9-10H,8H2,1H3,(H,16,18)/t10-/m1/s1. The second-order valence-electron chi connectivity index (χ2n) is 4.10. The number of halogens is 1. The zero-order valence-electron chi connectivity index (χ0n) is 10.0. The number of carbonyl (C=O) groups excluding carboxylic acids is 1. The number of nitrogens with one attached hydrogen (secondary N) is 1. The molecule has 2 rings (SSSR count). The van der Waals surface area contributed by atoms with Gasteiger partial charge < -0.3 is 5.32 Å². The third-order valence-corrected chi connectivity index (χ3v) is 2.80. The van der Waals surface area contributed by atoms with Gasteiger partial charge in [0.05, 0.1) is 6.04 Å². The second kappa shape index (κ2) is 5.69. The van der Waals surface area contributed by atoms with Crippen LogP contribution in [-0.4, -0.2) is 15.7 Å². The van der Waals surface area contributed by atoms with E-state index in [1.165, 1.54) is 0 Å². The van der Waals surface area contributed by atoms with Gasteiger partial charge >= 0.3 is 0 Å². The van der Waals surface area contributed by atoms with Crippen molar-refractivity contribution in [2.45, 2.75) is 19.4 Å². The first-order chi connectivity index (χ1) is 8.65. The average Bonchev–Trinajstić information content (AvgIpc) is 2.81. The Hall–Kier alpha value is -1.81. The quantitative estimate of drug-likeness (QED) is 0.921. The SMILES string of the molecule is C[C@H](CC(=O)Nc1cccc(Cl)c1)n1cccn1. The highest BCUT2D eigenvalue weighted by Crippen LogP contribution is 2.16. The second-order valence-corrected chi connectivity index (χ2v) is 4.53. The van der Waals surface area contributed by atoms with Crippen molar-refractivity contribution in [3.05, 3.63) is 47.7 Å². The number of anilines is 1. The van der Waals surface area contributed by atoms with E-state index in [2.05, 4.69) is 10.4 Å². The van der Waals surface area contributed by atoms with E-state index in [0.29, 0.717) is 17.1 Å². The van der Waals surface area contributed by atoms with Gasteiger partial charge in [-0.2, -0.15) is 5.10 Å². The molecule has 0 aliphatic carbocycles. The Morgan fingerprint density at radius 3 is 3.00 bits per heavy atom. The minimum Gasteiger partial charge on any atom is -0.326 e. The predicted octanol–water partition coefficient (Wildman–Crippen LogP) is 3.13. The Bertz CT molecular complexity index is 525. The molecule has 18 heavy (non-hydrogen) atoms. The maximum absolute atomic E-state index is 11.8. The zero-order chi connectivity index (χ0) is 13.0. The Labute approximate surface area is 111 Å². The number of hydrogen-bond acceptors (Lipinski definition) is 2. The van der Waals surface area contributed by atoms with E-state index in [4.69, 9.17) is 11.6 Å². The van der Waals surface area contributed by atoms with E-state index in [9.17, 15) is 4.79 Å². The van der Waals surface area contributed by atoms with Crippen molar-refractivity contribution < 1.29 is 4.79 Å². The zero-order valence-corrected chi connectivity index (χ0v) is 10.8. The smallest absolute Gasteiger partial charge is 0.226 e. The first kappa shape index (κ1) is 12.6. The van der Waals surface area contributed by atoms with Crippen molar-refractivity contribution in [2.75, 3.05) is 5.32 Å². The minimum atomic E-state index is -0.0553. The van der Waals surface area contributed by atoms with Crippen LogP contribution in [0, 0.1) is 0 Å². The molecule has 1 aromatic carbocycles. The summed E-state index contributed by atoms with van der Waals surface area (Å²) >= 11 is 5.85. The first-order valence-corrected chi connectivity index (χ1v) is 6.07. The Morgan fingerprint density at radius 1 is 1.50 bits per heavy atom. The van der Waals surface area contributed by atoms with Crippen LogP contribution in [0.25, 0.3) is 0 Å². The molecule has 0 aliphatic rings.